The second-order valence-corrected chi connectivity index (χ2v) is 4.89. The number of nitrogens with zero attached hydrogens (tertiary/aromatic N) is 1. The van der Waals surface area contributed by atoms with Crippen molar-refractivity contribution in [3.8, 4) is 11.5 Å². The molecule has 106 valence electrons. The van der Waals surface area contributed by atoms with Crippen LogP contribution in [-0.2, 0) is 6.54 Å². The molecule has 1 rings (SSSR count). The molecule has 0 bridgehead atoms. The first-order chi connectivity index (χ1) is 9.10. The minimum absolute atomic E-state index is 0.522. The summed E-state index contributed by atoms with van der Waals surface area (Å²) < 4.78 is 10.5. The summed E-state index contributed by atoms with van der Waals surface area (Å²) in [5.74, 6) is 1.48. The maximum atomic E-state index is 5.62. The highest BCUT2D eigenvalue weighted by Crippen LogP contribution is 2.28. The molecule has 0 heterocycles. The molecule has 0 unspecified atom stereocenters. The molecule has 5 heteroatoms. The summed E-state index contributed by atoms with van der Waals surface area (Å²) >= 11 is 4.98. The van der Waals surface area contributed by atoms with Gasteiger partial charge in [0.05, 0.1) is 19.2 Å². The average Bonchev–Trinajstić information content (AvgIpc) is 2.38. The van der Waals surface area contributed by atoms with Crippen LogP contribution in [0, 0.1) is 0 Å². The lowest BCUT2D eigenvalue weighted by atomic mass is 10.2. The minimum Gasteiger partial charge on any atom is -0.493 e. The lowest BCUT2D eigenvalue weighted by Crippen LogP contribution is -2.32. The molecule has 0 aliphatic rings. The van der Waals surface area contributed by atoms with Crippen LogP contribution in [0.1, 0.15) is 18.9 Å². The van der Waals surface area contributed by atoms with Gasteiger partial charge in [-0.1, -0.05) is 25.2 Å². The van der Waals surface area contributed by atoms with E-state index in [1.807, 2.05) is 18.2 Å². The molecule has 0 fully saturated rings. The molecule has 2 N–H and O–H groups in total. The third-order valence-corrected chi connectivity index (χ3v) is 2.90. The Balaban J connectivity index is 2.80. The summed E-state index contributed by atoms with van der Waals surface area (Å²) in [6, 6.07) is 5.93. The molecular weight excluding hydrogens is 260 g/mol. The summed E-state index contributed by atoms with van der Waals surface area (Å²) in [5.41, 5.74) is 6.78. The molecule has 0 spiro atoms. The van der Waals surface area contributed by atoms with Gasteiger partial charge in [-0.3, -0.25) is 4.90 Å². The fraction of sp³-hybridized carbons (Fsp3) is 0.500. The zero-order chi connectivity index (χ0) is 14.3. The molecule has 0 radical (unpaired) electrons. The van der Waals surface area contributed by atoms with Crippen LogP contribution in [0.25, 0.3) is 0 Å². The van der Waals surface area contributed by atoms with Gasteiger partial charge in [-0.15, -0.1) is 0 Å². The van der Waals surface area contributed by atoms with Gasteiger partial charge in [-0.05, 0) is 30.7 Å². The molecule has 0 aromatic heterocycles. The number of hydrogen-bond donors (Lipinski definition) is 1. The zero-order valence-electron chi connectivity index (χ0n) is 11.8. The van der Waals surface area contributed by atoms with Crippen LogP contribution in [0.5, 0.6) is 11.5 Å². The van der Waals surface area contributed by atoms with Crippen LogP contribution in [-0.4, -0.2) is 37.2 Å². The Bertz CT molecular complexity index is 424. The predicted molar refractivity (Wildman–Crippen MR) is 81.9 cm³/mol. The summed E-state index contributed by atoms with van der Waals surface area (Å²) in [5, 5.41) is 0. The molecule has 4 nitrogen and oxygen atoms in total. The van der Waals surface area contributed by atoms with Gasteiger partial charge in [-0.2, -0.15) is 0 Å². The van der Waals surface area contributed by atoms with Crippen LogP contribution < -0.4 is 15.2 Å². The van der Waals surface area contributed by atoms with Crippen molar-refractivity contribution < 1.29 is 9.47 Å². The van der Waals surface area contributed by atoms with Gasteiger partial charge in [0.25, 0.3) is 0 Å². The number of rotatable bonds is 8. The minimum atomic E-state index is 0.522. The van der Waals surface area contributed by atoms with Crippen LogP contribution in [0.4, 0.5) is 0 Å². The first kappa shape index (κ1) is 15.7. The van der Waals surface area contributed by atoms with E-state index >= 15 is 0 Å². The van der Waals surface area contributed by atoms with E-state index in [-0.39, 0.29) is 0 Å². The SMILES string of the molecule is CCCN(CC(N)=S)Cc1ccc(OC)c(OC)c1. The summed E-state index contributed by atoms with van der Waals surface area (Å²) in [6.45, 7) is 4.54. The van der Waals surface area contributed by atoms with Crippen molar-refractivity contribution in [2.75, 3.05) is 27.3 Å². The van der Waals surface area contributed by atoms with E-state index in [2.05, 4.69) is 11.8 Å². The highest BCUT2D eigenvalue weighted by Gasteiger charge is 2.09. The predicted octanol–water partition coefficient (Wildman–Crippen LogP) is 2.20. The van der Waals surface area contributed by atoms with E-state index in [1.165, 1.54) is 0 Å². The average molecular weight is 282 g/mol. The number of benzene rings is 1. The van der Waals surface area contributed by atoms with E-state index < -0.39 is 0 Å². The van der Waals surface area contributed by atoms with Crippen LogP contribution >= 0.6 is 12.2 Å². The van der Waals surface area contributed by atoms with Gasteiger partial charge in [-0.25, -0.2) is 0 Å². The first-order valence-electron chi connectivity index (χ1n) is 6.32. The Morgan fingerprint density at radius 2 is 1.95 bits per heavy atom. The van der Waals surface area contributed by atoms with Crippen molar-refractivity contribution in [3.63, 3.8) is 0 Å². The highest BCUT2D eigenvalue weighted by atomic mass is 32.1. The van der Waals surface area contributed by atoms with E-state index in [9.17, 15) is 0 Å². The quantitative estimate of drug-likeness (QED) is 0.741. The Labute approximate surface area is 120 Å². The summed E-state index contributed by atoms with van der Waals surface area (Å²) in [6.07, 6.45) is 1.07. The van der Waals surface area contributed by atoms with Crippen LogP contribution in [0.2, 0.25) is 0 Å². The summed E-state index contributed by atoms with van der Waals surface area (Å²) in [7, 11) is 3.27. The van der Waals surface area contributed by atoms with E-state index in [4.69, 9.17) is 27.4 Å². The Morgan fingerprint density at radius 1 is 1.26 bits per heavy atom. The maximum absolute atomic E-state index is 5.62. The molecule has 0 atom stereocenters. The fourth-order valence-corrected chi connectivity index (χ4v) is 2.17. The normalized spacial score (nSPS) is 10.5. The number of thiocarbonyl (C=S) groups is 1. The van der Waals surface area contributed by atoms with Crippen molar-refractivity contribution in [2.45, 2.75) is 19.9 Å². The second-order valence-electron chi connectivity index (χ2n) is 4.37. The van der Waals surface area contributed by atoms with Gasteiger partial charge >= 0.3 is 0 Å². The molecule has 19 heavy (non-hydrogen) atoms. The molecule has 0 aliphatic carbocycles. The Kier molecular flexibility index (Phi) is 6.59. The number of nitrogens with two attached hydrogens (primary N) is 1. The smallest absolute Gasteiger partial charge is 0.161 e. The standard InChI is InChI=1S/C14H22N2O2S/c1-4-7-16(10-14(15)19)9-11-5-6-12(17-2)13(8-11)18-3/h5-6,8H,4,7,9-10H2,1-3H3,(H2,15,19). The maximum Gasteiger partial charge on any atom is 0.161 e. The van der Waals surface area contributed by atoms with Crippen molar-refractivity contribution in [1.82, 2.24) is 4.90 Å². The molecule has 0 amide bonds. The lowest BCUT2D eigenvalue weighted by molar-refractivity contribution is 0.302. The fourth-order valence-electron chi connectivity index (χ4n) is 1.99. The molecule has 0 saturated heterocycles. The van der Waals surface area contributed by atoms with Gasteiger partial charge in [0.1, 0.15) is 0 Å². The van der Waals surface area contributed by atoms with Crippen molar-refractivity contribution >= 4 is 17.2 Å². The lowest BCUT2D eigenvalue weighted by Gasteiger charge is -2.21. The van der Waals surface area contributed by atoms with Crippen molar-refractivity contribution in [2.24, 2.45) is 5.73 Å². The Hall–Kier alpha value is -1.33. The molecule has 1 aromatic carbocycles. The second kappa shape index (κ2) is 7.96. The van der Waals surface area contributed by atoms with E-state index in [1.54, 1.807) is 14.2 Å². The Morgan fingerprint density at radius 3 is 2.47 bits per heavy atom. The van der Waals surface area contributed by atoms with Crippen molar-refractivity contribution in [3.05, 3.63) is 23.8 Å². The van der Waals surface area contributed by atoms with Gasteiger partial charge in [0, 0.05) is 13.1 Å². The van der Waals surface area contributed by atoms with Crippen molar-refractivity contribution in [1.29, 1.82) is 0 Å². The highest BCUT2D eigenvalue weighted by molar-refractivity contribution is 7.80. The molecule has 0 aliphatic heterocycles. The monoisotopic (exact) mass is 282 g/mol. The van der Waals surface area contributed by atoms with Gasteiger partial charge in [0.2, 0.25) is 0 Å². The third-order valence-electron chi connectivity index (χ3n) is 2.77. The van der Waals surface area contributed by atoms with Gasteiger partial charge < -0.3 is 15.2 Å². The zero-order valence-corrected chi connectivity index (χ0v) is 12.6. The number of methoxy groups -OCH3 is 2. The largest absolute Gasteiger partial charge is 0.493 e. The third kappa shape index (κ3) is 5.04. The topological polar surface area (TPSA) is 47.7 Å². The summed E-state index contributed by atoms with van der Waals surface area (Å²) in [4.78, 5) is 2.75. The number of ether oxygens (including phenoxy) is 2. The van der Waals surface area contributed by atoms with Crippen LogP contribution in [0.3, 0.4) is 0 Å². The van der Waals surface area contributed by atoms with E-state index in [0.717, 1.165) is 36.6 Å². The number of hydrogen-bond acceptors (Lipinski definition) is 4. The molecule has 0 saturated carbocycles. The van der Waals surface area contributed by atoms with Crippen LogP contribution in [0.15, 0.2) is 18.2 Å². The van der Waals surface area contributed by atoms with E-state index in [0.29, 0.717) is 11.5 Å². The van der Waals surface area contributed by atoms with Gasteiger partial charge in [0.15, 0.2) is 11.5 Å². The first-order valence-corrected chi connectivity index (χ1v) is 6.73. The molecule has 1 aromatic rings. The molecular formula is C14H22N2O2S.